The first-order chi connectivity index (χ1) is 8.49. The van der Waals surface area contributed by atoms with Crippen LogP contribution < -0.4 is 11.3 Å². The van der Waals surface area contributed by atoms with Crippen LogP contribution in [0, 0.1) is 6.92 Å². The highest BCUT2D eigenvalue weighted by molar-refractivity contribution is 5.95. The molecule has 0 atom stereocenters. The fourth-order valence-electron chi connectivity index (χ4n) is 1.87. The van der Waals surface area contributed by atoms with E-state index in [-0.39, 0.29) is 11.9 Å². The lowest BCUT2D eigenvalue weighted by Crippen LogP contribution is -2.37. The number of hydrazine groups is 1. The van der Waals surface area contributed by atoms with Crippen LogP contribution in [0.1, 0.15) is 43.2 Å². The summed E-state index contributed by atoms with van der Waals surface area (Å²) in [4.78, 5) is 18.5. The molecule has 0 aliphatic heterocycles. The maximum Gasteiger partial charge on any atom is 0.254 e. The van der Waals surface area contributed by atoms with Gasteiger partial charge in [0.2, 0.25) is 0 Å². The van der Waals surface area contributed by atoms with Gasteiger partial charge < -0.3 is 10.3 Å². The van der Waals surface area contributed by atoms with Gasteiger partial charge >= 0.3 is 0 Å². The summed E-state index contributed by atoms with van der Waals surface area (Å²) < 4.78 is 0. The molecule has 0 unspecified atom stereocenters. The third-order valence-corrected chi connectivity index (χ3v) is 2.70. The Kier molecular flexibility index (Phi) is 5.09. The highest BCUT2D eigenvalue weighted by atomic mass is 16.2. The summed E-state index contributed by atoms with van der Waals surface area (Å²) in [6, 6.07) is 3.65. The van der Waals surface area contributed by atoms with Crippen molar-refractivity contribution >= 4 is 11.7 Å². The molecule has 0 saturated carbocycles. The summed E-state index contributed by atoms with van der Waals surface area (Å²) in [5.41, 5.74) is 3.88. The zero-order chi connectivity index (χ0) is 13.7. The van der Waals surface area contributed by atoms with E-state index in [2.05, 4.69) is 17.3 Å². The number of nitrogen functional groups attached to an aromatic ring is 1. The smallest absolute Gasteiger partial charge is 0.254 e. The Bertz CT molecular complexity index is 417. The number of nitrogens with one attached hydrogen (secondary N) is 1. The Hall–Kier alpha value is -1.62. The summed E-state index contributed by atoms with van der Waals surface area (Å²) in [5.74, 6) is 5.88. The zero-order valence-corrected chi connectivity index (χ0v) is 11.5. The van der Waals surface area contributed by atoms with E-state index >= 15 is 0 Å². The summed E-state index contributed by atoms with van der Waals surface area (Å²) in [7, 11) is 0. The lowest BCUT2D eigenvalue weighted by atomic mass is 10.1. The monoisotopic (exact) mass is 250 g/mol. The Morgan fingerprint density at radius 1 is 1.50 bits per heavy atom. The molecule has 18 heavy (non-hydrogen) atoms. The predicted octanol–water partition coefficient (Wildman–Crippen LogP) is 1.94. The van der Waals surface area contributed by atoms with Crippen molar-refractivity contribution in [1.82, 2.24) is 9.88 Å². The number of amides is 1. The lowest BCUT2D eigenvalue weighted by molar-refractivity contribution is 0.0706. The Labute approximate surface area is 108 Å². The molecule has 3 N–H and O–H groups in total. The SMILES string of the molecule is CCCN(C(=O)c1cc(C)nc(NN)c1)C(C)C. The van der Waals surface area contributed by atoms with Crippen molar-refractivity contribution in [3.8, 4) is 0 Å². The van der Waals surface area contributed by atoms with Crippen LogP contribution in [0.4, 0.5) is 5.82 Å². The number of pyridine rings is 1. The van der Waals surface area contributed by atoms with Gasteiger partial charge in [-0.05, 0) is 39.3 Å². The van der Waals surface area contributed by atoms with Gasteiger partial charge in [0.1, 0.15) is 5.82 Å². The fraction of sp³-hybridized carbons (Fsp3) is 0.538. The third kappa shape index (κ3) is 3.43. The van der Waals surface area contributed by atoms with Crippen LogP contribution in [-0.2, 0) is 0 Å². The van der Waals surface area contributed by atoms with E-state index in [1.54, 1.807) is 12.1 Å². The number of aromatic nitrogens is 1. The Morgan fingerprint density at radius 3 is 2.67 bits per heavy atom. The highest BCUT2D eigenvalue weighted by Crippen LogP contribution is 2.14. The van der Waals surface area contributed by atoms with Crippen LogP contribution in [0.25, 0.3) is 0 Å². The van der Waals surface area contributed by atoms with Crippen LogP contribution in [0.2, 0.25) is 0 Å². The molecule has 1 amide bonds. The molecule has 0 aliphatic carbocycles. The molecule has 0 saturated heterocycles. The topological polar surface area (TPSA) is 71.2 Å². The van der Waals surface area contributed by atoms with Crippen molar-refractivity contribution in [2.24, 2.45) is 5.84 Å². The number of hydrogen-bond acceptors (Lipinski definition) is 4. The predicted molar refractivity (Wildman–Crippen MR) is 73.2 cm³/mol. The van der Waals surface area contributed by atoms with Crippen molar-refractivity contribution in [1.29, 1.82) is 0 Å². The molecular weight excluding hydrogens is 228 g/mol. The molecule has 0 bridgehead atoms. The molecule has 0 spiro atoms. The minimum atomic E-state index is 0.0221. The van der Waals surface area contributed by atoms with E-state index in [1.165, 1.54) is 0 Å². The first-order valence-corrected chi connectivity index (χ1v) is 6.25. The quantitative estimate of drug-likeness (QED) is 0.619. The fourth-order valence-corrected chi connectivity index (χ4v) is 1.87. The van der Waals surface area contributed by atoms with Gasteiger partial charge in [-0.2, -0.15) is 0 Å². The number of carbonyl (C=O) groups excluding carboxylic acids is 1. The van der Waals surface area contributed by atoms with E-state index in [9.17, 15) is 4.79 Å². The number of rotatable bonds is 5. The largest absolute Gasteiger partial charge is 0.336 e. The van der Waals surface area contributed by atoms with Crippen molar-refractivity contribution < 1.29 is 4.79 Å². The van der Waals surface area contributed by atoms with Gasteiger partial charge in [0.05, 0.1) is 0 Å². The Balaban J connectivity index is 3.04. The summed E-state index contributed by atoms with van der Waals surface area (Å²) in [6.07, 6.45) is 0.940. The molecule has 1 aromatic heterocycles. The highest BCUT2D eigenvalue weighted by Gasteiger charge is 2.18. The standard InChI is InChI=1S/C13H22N4O/c1-5-6-17(9(2)3)13(18)11-7-10(4)15-12(8-11)16-14/h7-9H,5-6,14H2,1-4H3,(H,15,16). The van der Waals surface area contributed by atoms with Crippen LogP contribution in [0.5, 0.6) is 0 Å². The molecular formula is C13H22N4O. The zero-order valence-electron chi connectivity index (χ0n) is 11.5. The van der Waals surface area contributed by atoms with E-state index < -0.39 is 0 Å². The van der Waals surface area contributed by atoms with Gasteiger partial charge in [0.25, 0.3) is 5.91 Å². The number of nitrogens with zero attached hydrogens (tertiary/aromatic N) is 2. The molecule has 1 heterocycles. The lowest BCUT2D eigenvalue weighted by Gasteiger charge is -2.26. The van der Waals surface area contributed by atoms with Crippen LogP contribution in [-0.4, -0.2) is 28.4 Å². The van der Waals surface area contributed by atoms with Gasteiger partial charge in [-0.15, -0.1) is 0 Å². The molecule has 1 aromatic rings. The molecule has 0 fully saturated rings. The van der Waals surface area contributed by atoms with Gasteiger partial charge in [0.15, 0.2) is 0 Å². The van der Waals surface area contributed by atoms with Crippen LogP contribution in [0.3, 0.4) is 0 Å². The molecule has 5 heteroatoms. The van der Waals surface area contributed by atoms with Crippen LogP contribution in [0.15, 0.2) is 12.1 Å². The van der Waals surface area contributed by atoms with Crippen molar-refractivity contribution in [2.75, 3.05) is 12.0 Å². The number of anilines is 1. The summed E-state index contributed by atoms with van der Waals surface area (Å²) >= 11 is 0. The number of carbonyl (C=O) groups is 1. The average molecular weight is 250 g/mol. The minimum absolute atomic E-state index is 0.0221. The molecule has 0 aromatic carbocycles. The van der Waals surface area contributed by atoms with E-state index in [0.717, 1.165) is 18.7 Å². The Morgan fingerprint density at radius 2 is 2.17 bits per heavy atom. The van der Waals surface area contributed by atoms with Gasteiger partial charge in [-0.25, -0.2) is 10.8 Å². The number of aryl methyl sites for hydroxylation is 1. The van der Waals surface area contributed by atoms with E-state index in [0.29, 0.717) is 11.4 Å². The molecule has 0 radical (unpaired) electrons. The second kappa shape index (κ2) is 6.35. The minimum Gasteiger partial charge on any atom is -0.336 e. The number of hydrogen-bond donors (Lipinski definition) is 2. The van der Waals surface area contributed by atoms with Crippen molar-refractivity contribution in [3.05, 3.63) is 23.4 Å². The van der Waals surface area contributed by atoms with Crippen LogP contribution >= 0.6 is 0 Å². The second-order valence-corrected chi connectivity index (χ2v) is 4.62. The van der Waals surface area contributed by atoms with Gasteiger partial charge in [0, 0.05) is 23.8 Å². The molecule has 5 nitrogen and oxygen atoms in total. The molecule has 1 rings (SSSR count). The average Bonchev–Trinajstić information content (AvgIpc) is 2.33. The van der Waals surface area contributed by atoms with Crippen molar-refractivity contribution in [3.63, 3.8) is 0 Å². The normalized spacial score (nSPS) is 10.6. The first kappa shape index (κ1) is 14.4. The van der Waals surface area contributed by atoms with Gasteiger partial charge in [-0.3, -0.25) is 4.79 Å². The van der Waals surface area contributed by atoms with Crippen molar-refractivity contribution in [2.45, 2.75) is 40.2 Å². The first-order valence-electron chi connectivity index (χ1n) is 6.25. The summed E-state index contributed by atoms with van der Waals surface area (Å²) in [5, 5.41) is 0. The molecule has 100 valence electrons. The second-order valence-electron chi connectivity index (χ2n) is 4.62. The van der Waals surface area contributed by atoms with Gasteiger partial charge in [-0.1, -0.05) is 6.92 Å². The van der Waals surface area contributed by atoms with E-state index in [4.69, 9.17) is 5.84 Å². The van der Waals surface area contributed by atoms with E-state index in [1.807, 2.05) is 25.7 Å². The number of nitrogens with two attached hydrogens (primary N) is 1. The molecule has 0 aliphatic rings. The maximum atomic E-state index is 12.4. The maximum absolute atomic E-state index is 12.4. The summed E-state index contributed by atoms with van der Waals surface area (Å²) in [6.45, 7) is 8.70. The third-order valence-electron chi connectivity index (χ3n) is 2.70.